The highest BCUT2D eigenvalue weighted by molar-refractivity contribution is 7.17. The first-order valence-electron chi connectivity index (χ1n) is 6.56. The average Bonchev–Trinajstić information content (AvgIpc) is 3.17. The molecule has 0 radical (unpaired) electrons. The maximum Gasteiger partial charge on any atom is 0.261 e. The fraction of sp³-hybridized carbons (Fsp3) is 0.143. The van der Waals surface area contributed by atoms with Crippen molar-refractivity contribution in [3.05, 3.63) is 52.2 Å². The highest BCUT2D eigenvalue weighted by atomic mass is 35.5. The number of amides is 1. The van der Waals surface area contributed by atoms with Crippen LogP contribution in [-0.4, -0.2) is 32.0 Å². The number of carbonyl (C=O) groups excluding carboxylic acids is 1. The molecular formula is C14H12ClN5OS. The monoisotopic (exact) mass is 333 g/mol. The zero-order valence-electron chi connectivity index (χ0n) is 11.4. The van der Waals surface area contributed by atoms with Crippen molar-refractivity contribution in [1.82, 2.24) is 24.8 Å². The molecule has 0 atom stereocenters. The SMILES string of the molecule is O=C(NCCn1ccnc1-c1ncccn1)c1ccc(Cl)s1. The van der Waals surface area contributed by atoms with Crippen LogP contribution >= 0.6 is 22.9 Å². The van der Waals surface area contributed by atoms with Gasteiger partial charge in [-0.15, -0.1) is 11.3 Å². The van der Waals surface area contributed by atoms with E-state index in [4.69, 9.17) is 11.6 Å². The summed E-state index contributed by atoms with van der Waals surface area (Å²) in [6.45, 7) is 1.06. The molecule has 3 rings (SSSR count). The molecule has 8 heteroatoms. The standard InChI is InChI=1S/C14H12ClN5OS/c15-11-3-2-10(22-11)14(21)19-7-9-20-8-6-18-13(20)12-16-4-1-5-17-12/h1-6,8H,7,9H2,(H,19,21). The van der Waals surface area contributed by atoms with E-state index in [2.05, 4.69) is 20.3 Å². The second-order valence-corrected chi connectivity index (χ2v) is 6.09. The van der Waals surface area contributed by atoms with Crippen molar-refractivity contribution in [1.29, 1.82) is 0 Å². The lowest BCUT2D eigenvalue weighted by molar-refractivity contribution is 0.0956. The molecule has 0 fully saturated rings. The van der Waals surface area contributed by atoms with Gasteiger partial charge in [0.2, 0.25) is 0 Å². The molecule has 112 valence electrons. The van der Waals surface area contributed by atoms with Crippen LogP contribution < -0.4 is 5.32 Å². The van der Waals surface area contributed by atoms with E-state index < -0.39 is 0 Å². The number of rotatable bonds is 5. The van der Waals surface area contributed by atoms with E-state index in [1.165, 1.54) is 11.3 Å². The molecule has 22 heavy (non-hydrogen) atoms. The minimum absolute atomic E-state index is 0.130. The molecule has 0 saturated carbocycles. The van der Waals surface area contributed by atoms with E-state index in [9.17, 15) is 4.79 Å². The summed E-state index contributed by atoms with van der Waals surface area (Å²) in [5, 5.41) is 2.85. The number of nitrogens with one attached hydrogen (secondary N) is 1. The molecule has 0 unspecified atom stereocenters. The lowest BCUT2D eigenvalue weighted by Gasteiger charge is -2.07. The molecule has 0 aliphatic carbocycles. The molecular weight excluding hydrogens is 322 g/mol. The first-order chi connectivity index (χ1) is 10.7. The Hall–Kier alpha value is -2.25. The van der Waals surface area contributed by atoms with Gasteiger partial charge in [-0.2, -0.15) is 0 Å². The molecule has 6 nitrogen and oxygen atoms in total. The van der Waals surface area contributed by atoms with Crippen LogP contribution in [0.25, 0.3) is 11.6 Å². The molecule has 1 N–H and O–H groups in total. The smallest absolute Gasteiger partial charge is 0.261 e. The van der Waals surface area contributed by atoms with Crippen molar-refractivity contribution < 1.29 is 4.79 Å². The van der Waals surface area contributed by atoms with Crippen molar-refractivity contribution in [3.8, 4) is 11.6 Å². The van der Waals surface area contributed by atoms with Gasteiger partial charge >= 0.3 is 0 Å². The van der Waals surface area contributed by atoms with Gasteiger partial charge in [0.05, 0.1) is 9.21 Å². The zero-order valence-corrected chi connectivity index (χ0v) is 13.0. The van der Waals surface area contributed by atoms with Gasteiger partial charge in [-0.25, -0.2) is 15.0 Å². The molecule has 1 amide bonds. The first-order valence-corrected chi connectivity index (χ1v) is 7.75. The van der Waals surface area contributed by atoms with E-state index in [0.717, 1.165) is 0 Å². The van der Waals surface area contributed by atoms with Gasteiger partial charge in [-0.1, -0.05) is 11.6 Å². The van der Waals surface area contributed by atoms with Gasteiger partial charge in [0.15, 0.2) is 11.6 Å². The molecule has 0 aliphatic rings. The number of halogens is 1. The number of thiophene rings is 1. The second kappa shape index (κ2) is 6.67. The molecule has 0 aromatic carbocycles. The molecule has 0 saturated heterocycles. The third kappa shape index (κ3) is 3.32. The van der Waals surface area contributed by atoms with E-state index in [1.807, 2.05) is 10.8 Å². The maximum absolute atomic E-state index is 11.9. The number of hydrogen-bond acceptors (Lipinski definition) is 5. The third-order valence-electron chi connectivity index (χ3n) is 2.92. The van der Waals surface area contributed by atoms with Crippen LogP contribution in [0.2, 0.25) is 4.34 Å². The number of imidazole rings is 1. The Morgan fingerprint density at radius 2 is 2.05 bits per heavy atom. The minimum Gasteiger partial charge on any atom is -0.350 e. The van der Waals surface area contributed by atoms with Crippen LogP contribution in [0.5, 0.6) is 0 Å². The number of nitrogens with zero attached hydrogens (tertiary/aromatic N) is 4. The molecule has 0 bridgehead atoms. The lowest BCUT2D eigenvalue weighted by atomic mass is 10.4. The highest BCUT2D eigenvalue weighted by Crippen LogP contribution is 2.21. The molecule has 3 aromatic heterocycles. The Morgan fingerprint density at radius 3 is 2.77 bits per heavy atom. The van der Waals surface area contributed by atoms with Crippen LogP contribution in [0.4, 0.5) is 0 Å². The molecule has 0 aliphatic heterocycles. The summed E-state index contributed by atoms with van der Waals surface area (Å²) in [4.78, 5) is 25.1. The minimum atomic E-state index is -0.130. The predicted octanol–water partition coefficient (Wildman–Crippen LogP) is 2.49. The number of carbonyl (C=O) groups is 1. The van der Waals surface area contributed by atoms with Gasteiger partial charge < -0.3 is 9.88 Å². The second-order valence-electron chi connectivity index (χ2n) is 4.38. The molecule has 0 spiro atoms. The zero-order chi connectivity index (χ0) is 15.4. The summed E-state index contributed by atoms with van der Waals surface area (Å²) in [6, 6.07) is 5.17. The Balaban J connectivity index is 1.61. The summed E-state index contributed by atoms with van der Waals surface area (Å²) in [5.74, 6) is 1.10. The van der Waals surface area contributed by atoms with Crippen molar-refractivity contribution in [3.63, 3.8) is 0 Å². The topological polar surface area (TPSA) is 72.7 Å². The highest BCUT2D eigenvalue weighted by Gasteiger charge is 2.10. The Morgan fingerprint density at radius 1 is 1.23 bits per heavy atom. The lowest BCUT2D eigenvalue weighted by Crippen LogP contribution is -2.26. The summed E-state index contributed by atoms with van der Waals surface area (Å²) < 4.78 is 2.50. The van der Waals surface area contributed by atoms with Gasteiger partial charge in [-0.05, 0) is 18.2 Å². The van der Waals surface area contributed by atoms with Crippen LogP contribution in [0, 0.1) is 0 Å². The fourth-order valence-corrected chi connectivity index (χ4v) is 2.88. The number of aromatic nitrogens is 4. The number of hydrogen-bond donors (Lipinski definition) is 1. The first kappa shape index (κ1) is 14.7. The van der Waals surface area contributed by atoms with Crippen LogP contribution in [0.15, 0.2) is 43.0 Å². The predicted molar refractivity (Wildman–Crippen MR) is 84.9 cm³/mol. The third-order valence-corrected chi connectivity index (χ3v) is 4.15. The van der Waals surface area contributed by atoms with Gasteiger partial charge in [0, 0.05) is 37.9 Å². The Bertz CT molecular complexity index is 770. The van der Waals surface area contributed by atoms with E-state index in [0.29, 0.717) is 34.0 Å². The van der Waals surface area contributed by atoms with E-state index in [1.54, 1.807) is 36.8 Å². The Labute approximate surface area is 135 Å². The van der Waals surface area contributed by atoms with Gasteiger partial charge in [0.1, 0.15) is 0 Å². The van der Waals surface area contributed by atoms with Gasteiger partial charge in [0.25, 0.3) is 5.91 Å². The summed E-state index contributed by atoms with van der Waals surface area (Å²) in [6.07, 6.45) is 6.86. The largest absolute Gasteiger partial charge is 0.350 e. The Kier molecular flexibility index (Phi) is 4.45. The summed E-state index contributed by atoms with van der Waals surface area (Å²) in [7, 11) is 0. The summed E-state index contributed by atoms with van der Waals surface area (Å²) in [5.41, 5.74) is 0. The molecule has 3 heterocycles. The van der Waals surface area contributed by atoms with E-state index >= 15 is 0 Å². The van der Waals surface area contributed by atoms with Gasteiger partial charge in [-0.3, -0.25) is 4.79 Å². The van der Waals surface area contributed by atoms with Crippen LogP contribution in [0.3, 0.4) is 0 Å². The van der Waals surface area contributed by atoms with Crippen molar-refractivity contribution in [2.45, 2.75) is 6.54 Å². The maximum atomic E-state index is 11.9. The average molecular weight is 334 g/mol. The van der Waals surface area contributed by atoms with Crippen LogP contribution in [0.1, 0.15) is 9.67 Å². The fourth-order valence-electron chi connectivity index (χ4n) is 1.92. The molecule has 3 aromatic rings. The van der Waals surface area contributed by atoms with Crippen molar-refractivity contribution >= 4 is 28.8 Å². The van der Waals surface area contributed by atoms with Crippen molar-refractivity contribution in [2.24, 2.45) is 0 Å². The van der Waals surface area contributed by atoms with Crippen LogP contribution in [-0.2, 0) is 6.54 Å². The van der Waals surface area contributed by atoms with Crippen molar-refractivity contribution in [2.75, 3.05) is 6.54 Å². The van der Waals surface area contributed by atoms with E-state index in [-0.39, 0.29) is 5.91 Å². The summed E-state index contributed by atoms with van der Waals surface area (Å²) >= 11 is 7.08. The quantitative estimate of drug-likeness (QED) is 0.778. The normalized spacial score (nSPS) is 10.6.